The van der Waals surface area contributed by atoms with Gasteiger partial charge in [-0.1, -0.05) is 48.9 Å². The standard InChI is InChI=1S/C22H21ClN2O2/c1-2-22(26)25(21-5-3-4-14-24-21)15-17-8-12-20(13-9-17)27-16-18-6-10-19(23)11-7-18/h3-14H,2,15-16H2,1H3. The van der Waals surface area contributed by atoms with Crippen molar-refractivity contribution < 1.29 is 9.53 Å². The molecule has 4 nitrogen and oxygen atoms in total. The summed E-state index contributed by atoms with van der Waals surface area (Å²) in [7, 11) is 0. The van der Waals surface area contributed by atoms with E-state index < -0.39 is 0 Å². The Balaban J connectivity index is 1.65. The maximum atomic E-state index is 12.3. The molecule has 3 aromatic rings. The predicted octanol–water partition coefficient (Wildman–Crippen LogP) is 5.26. The van der Waals surface area contributed by atoms with E-state index in [1.165, 1.54) is 0 Å². The third kappa shape index (κ3) is 5.31. The average molecular weight is 381 g/mol. The number of nitrogens with zero attached hydrogens (tertiary/aromatic N) is 2. The molecule has 0 fully saturated rings. The number of carbonyl (C=O) groups excluding carboxylic acids is 1. The summed E-state index contributed by atoms with van der Waals surface area (Å²) in [5.74, 6) is 1.48. The first kappa shape index (κ1) is 18.9. The number of benzene rings is 2. The molecular formula is C22H21ClN2O2. The Morgan fingerprint density at radius 1 is 1.00 bits per heavy atom. The molecule has 27 heavy (non-hydrogen) atoms. The minimum Gasteiger partial charge on any atom is -0.489 e. The summed E-state index contributed by atoms with van der Waals surface area (Å²) in [6, 6.07) is 20.9. The van der Waals surface area contributed by atoms with E-state index in [4.69, 9.17) is 16.3 Å². The highest BCUT2D eigenvalue weighted by molar-refractivity contribution is 6.30. The number of amides is 1. The van der Waals surface area contributed by atoms with Gasteiger partial charge in [-0.3, -0.25) is 9.69 Å². The van der Waals surface area contributed by atoms with Crippen LogP contribution in [-0.2, 0) is 17.9 Å². The maximum Gasteiger partial charge on any atom is 0.228 e. The first-order valence-electron chi connectivity index (χ1n) is 8.83. The van der Waals surface area contributed by atoms with Gasteiger partial charge in [-0.15, -0.1) is 0 Å². The van der Waals surface area contributed by atoms with E-state index in [1.54, 1.807) is 11.1 Å². The van der Waals surface area contributed by atoms with Crippen molar-refractivity contribution in [3.05, 3.63) is 89.1 Å². The number of pyridine rings is 1. The molecule has 0 radical (unpaired) electrons. The van der Waals surface area contributed by atoms with Gasteiger partial charge in [-0.2, -0.15) is 0 Å². The van der Waals surface area contributed by atoms with Crippen molar-refractivity contribution in [2.24, 2.45) is 0 Å². The van der Waals surface area contributed by atoms with Crippen molar-refractivity contribution >= 4 is 23.3 Å². The molecule has 1 aromatic heterocycles. The molecule has 0 saturated heterocycles. The second kappa shape index (κ2) is 9.19. The van der Waals surface area contributed by atoms with Gasteiger partial charge in [0.15, 0.2) is 0 Å². The number of rotatable bonds is 7. The van der Waals surface area contributed by atoms with Crippen molar-refractivity contribution in [1.29, 1.82) is 0 Å². The van der Waals surface area contributed by atoms with E-state index in [-0.39, 0.29) is 5.91 Å². The van der Waals surface area contributed by atoms with Crippen LogP contribution in [0, 0.1) is 0 Å². The van der Waals surface area contributed by atoms with E-state index in [1.807, 2.05) is 73.7 Å². The zero-order valence-corrected chi connectivity index (χ0v) is 15.9. The predicted molar refractivity (Wildman–Crippen MR) is 108 cm³/mol. The first-order chi connectivity index (χ1) is 13.2. The smallest absolute Gasteiger partial charge is 0.228 e. The lowest BCUT2D eigenvalue weighted by Gasteiger charge is -2.21. The molecule has 0 atom stereocenters. The lowest BCUT2D eigenvalue weighted by atomic mass is 10.2. The van der Waals surface area contributed by atoms with Crippen molar-refractivity contribution in [2.45, 2.75) is 26.5 Å². The molecule has 5 heteroatoms. The van der Waals surface area contributed by atoms with Gasteiger partial charge in [0, 0.05) is 17.6 Å². The summed E-state index contributed by atoms with van der Waals surface area (Å²) >= 11 is 5.89. The maximum absolute atomic E-state index is 12.3. The minimum absolute atomic E-state index is 0.0387. The van der Waals surface area contributed by atoms with E-state index in [9.17, 15) is 4.79 Å². The summed E-state index contributed by atoms with van der Waals surface area (Å²) in [5, 5.41) is 0.710. The molecule has 138 valence electrons. The average Bonchev–Trinajstić information content (AvgIpc) is 2.72. The van der Waals surface area contributed by atoms with E-state index in [0.29, 0.717) is 30.4 Å². The van der Waals surface area contributed by atoms with Gasteiger partial charge in [0.1, 0.15) is 18.2 Å². The third-order valence-corrected chi connectivity index (χ3v) is 4.36. The Kier molecular flexibility index (Phi) is 6.44. The van der Waals surface area contributed by atoms with Crippen molar-refractivity contribution in [2.75, 3.05) is 4.90 Å². The van der Waals surface area contributed by atoms with Crippen LogP contribution in [0.4, 0.5) is 5.82 Å². The van der Waals surface area contributed by atoms with Gasteiger partial charge in [-0.05, 0) is 47.5 Å². The molecule has 0 N–H and O–H groups in total. The van der Waals surface area contributed by atoms with Gasteiger partial charge in [0.05, 0.1) is 6.54 Å². The highest BCUT2D eigenvalue weighted by Gasteiger charge is 2.15. The van der Waals surface area contributed by atoms with E-state index >= 15 is 0 Å². The van der Waals surface area contributed by atoms with Crippen LogP contribution in [0.1, 0.15) is 24.5 Å². The topological polar surface area (TPSA) is 42.4 Å². The molecule has 0 saturated carbocycles. The quantitative estimate of drug-likeness (QED) is 0.561. The number of aromatic nitrogens is 1. The molecule has 0 bridgehead atoms. The molecule has 1 heterocycles. The SMILES string of the molecule is CCC(=O)N(Cc1ccc(OCc2ccc(Cl)cc2)cc1)c1ccccn1. The summed E-state index contributed by atoms with van der Waals surface area (Å²) in [6.45, 7) is 2.80. The Bertz CT molecular complexity index is 865. The lowest BCUT2D eigenvalue weighted by Crippen LogP contribution is -2.30. The second-order valence-corrected chi connectivity index (χ2v) is 6.52. The van der Waals surface area contributed by atoms with Crippen LogP contribution in [0.2, 0.25) is 5.02 Å². The summed E-state index contributed by atoms with van der Waals surface area (Å²) in [6.07, 6.45) is 2.12. The Morgan fingerprint density at radius 3 is 2.33 bits per heavy atom. The summed E-state index contributed by atoms with van der Waals surface area (Å²) in [4.78, 5) is 18.3. The molecule has 0 aliphatic heterocycles. The van der Waals surface area contributed by atoms with Gasteiger partial charge < -0.3 is 4.74 Å². The van der Waals surface area contributed by atoms with Gasteiger partial charge in [0.2, 0.25) is 5.91 Å². The number of hydrogen-bond acceptors (Lipinski definition) is 3. The van der Waals surface area contributed by atoms with Gasteiger partial charge in [-0.25, -0.2) is 4.98 Å². The van der Waals surface area contributed by atoms with Crippen LogP contribution in [0.15, 0.2) is 72.9 Å². The third-order valence-electron chi connectivity index (χ3n) is 4.11. The van der Waals surface area contributed by atoms with Crippen LogP contribution in [0.5, 0.6) is 5.75 Å². The number of anilines is 1. The second-order valence-electron chi connectivity index (χ2n) is 6.08. The van der Waals surface area contributed by atoms with Crippen molar-refractivity contribution in [1.82, 2.24) is 4.98 Å². The normalized spacial score (nSPS) is 10.4. The Labute approximate surface area is 164 Å². The van der Waals surface area contributed by atoms with Gasteiger partial charge in [0.25, 0.3) is 0 Å². The fourth-order valence-corrected chi connectivity index (χ4v) is 2.75. The highest BCUT2D eigenvalue weighted by Crippen LogP contribution is 2.19. The van der Waals surface area contributed by atoms with E-state index in [0.717, 1.165) is 16.9 Å². The lowest BCUT2D eigenvalue weighted by molar-refractivity contribution is -0.118. The highest BCUT2D eigenvalue weighted by atomic mass is 35.5. The first-order valence-corrected chi connectivity index (χ1v) is 9.21. The number of halogens is 1. The number of hydrogen-bond donors (Lipinski definition) is 0. The zero-order valence-electron chi connectivity index (χ0n) is 15.1. The number of carbonyl (C=O) groups is 1. The van der Waals surface area contributed by atoms with E-state index in [2.05, 4.69) is 4.98 Å². The van der Waals surface area contributed by atoms with Crippen molar-refractivity contribution in [3.8, 4) is 5.75 Å². The van der Waals surface area contributed by atoms with Crippen LogP contribution in [0.3, 0.4) is 0 Å². The van der Waals surface area contributed by atoms with Crippen LogP contribution in [-0.4, -0.2) is 10.9 Å². The fraction of sp³-hybridized carbons (Fsp3) is 0.182. The monoisotopic (exact) mass is 380 g/mol. The number of ether oxygens (including phenoxy) is 1. The molecule has 0 spiro atoms. The molecule has 0 aliphatic carbocycles. The molecule has 3 rings (SSSR count). The molecule has 0 unspecified atom stereocenters. The molecule has 2 aromatic carbocycles. The molecule has 0 aliphatic rings. The Morgan fingerprint density at radius 2 is 1.70 bits per heavy atom. The molecular weight excluding hydrogens is 360 g/mol. The summed E-state index contributed by atoms with van der Waals surface area (Å²) in [5.41, 5.74) is 2.07. The Hall–Kier alpha value is -2.85. The minimum atomic E-state index is 0.0387. The van der Waals surface area contributed by atoms with Gasteiger partial charge >= 0.3 is 0 Å². The van der Waals surface area contributed by atoms with Crippen molar-refractivity contribution in [3.63, 3.8) is 0 Å². The van der Waals surface area contributed by atoms with Crippen LogP contribution < -0.4 is 9.64 Å². The largest absolute Gasteiger partial charge is 0.489 e. The summed E-state index contributed by atoms with van der Waals surface area (Å²) < 4.78 is 5.81. The van der Waals surface area contributed by atoms with Crippen LogP contribution in [0.25, 0.3) is 0 Å². The molecule has 1 amide bonds. The zero-order chi connectivity index (χ0) is 19.1. The van der Waals surface area contributed by atoms with Crippen LogP contribution >= 0.6 is 11.6 Å². The fourth-order valence-electron chi connectivity index (χ4n) is 2.62.